The lowest BCUT2D eigenvalue weighted by atomic mass is 10.8. The minimum Gasteiger partial charge on any atom is -0.481 e. The standard InChI is InChI=1S/C2H4O2S.CH5NO/c3-2(4)1-5;2-1-3/h5H,1H2,(H,3,4);3H,1-2H2. The van der Waals surface area contributed by atoms with Gasteiger partial charge in [-0.1, -0.05) is 0 Å². The molecule has 8 heavy (non-hydrogen) atoms. The molecule has 4 nitrogen and oxygen atoms in total. The van der Waals surface area contributed by atoms with Gasteiger partial charge in [-0.15, -0.1) is 0 Å². The second kappa shape index (κ2) is 9.88. The molecule has 0 fully saturated rings. The number of hydrogen-bond donors (Lipinski definition) is 4. The van der Waals surface area contributed by atoms with Gasteiger partial charge in [-0.25, -0.2) is 0 Å². The predicted octanol–water partition coefficient (Wildman–Crippen LogP) is -1.10. The third kappa shape index (κ3) is 42.6. The number of aliphatic carboxylic acids is 1. The van der Waals surface area contributed by atoms with Crippen molar-refractivity contribution in [3.05, 3.63) is 0 Å². The van der Waals surface area contributed by atoms with E-state index in [-0.39, 0.29) is 12.5 Å². The molecule has 50 valence electrons. The Balaban J connectivity index is 0. The van der Waals surface area contributed by atoms with Gasteiger partial charge >= 0.3 is 5.97 Å². The van der Waals surface area contributed by atoms with E-state index in [0.29, 0.717) is 0 Å². The summed E-state index contributed by atoms with van der Waals surface area (Å²) in [5.74, 6) is -0.965. The molecule has 0 aliphatic rings. The zero-order valence-electron chi connectivity index (χ0n) is 4.24. The summed E-state index contributed by atoms with van der Waals surface area (Å²) in [5, 5.41) is 15.0. The van der Waals surface area contributed by atoms with E-state index < -0.39 is 5.97 Å². The maximum atomic E-state index is 9.29. The van der Waals surface area contributed by atoms with Gasteiger partial charge in [0.1, 0.15) is 0 Å². The van der Waals surface area contributed by atoms with Crippen molar-refractivity contribution in [2.45, 2.75) is 0 Å². The van der Waals surface area contributed by atoms with E-state index in [9.17, 15) is 4.79 Å². The molecular formula is C3H9NO3S. The van der Waals surface area contributed by atoms with E-state index in [2.05, 4.69) is 18.4 Å². The van der Waals surface area contributed by atoms with Crippen LogP contribution in [0.15, 0.2) is 0 Å². The first-order chi connectivity index (χ1) is 3.68. The number of rotatable bonds is 1. The third-order valence-electron chi connectivity index (χ3n) is 0.135. The van der Waals surface area contributed by atoms with Crippen molar-refractivity contribution in [3.63, 3.8) is 0 Å². The monoisotopic (exact) mass is 139 g/mol. The molecule has 0 aliphatic carbocycles. The van der Waals surface area contributed by atoms with Crippen molar-refractivity contribution in [1.29, 1.82) is 0 Å². The van der Waals surface area contributed by atoms with Gasteiger partial charge in [-0.05, 0) is 0 Å². The average Bonchev–Trinajstić information content (AvgIpc) is 1.69. The SMILES string of the molecule is NCO.O=C(O)CS. The van der Waals surface area contributed by atoms with Gasteiger partial charge < -0.3 is 15.9 Å². The smallest absolute Gasteiger partial charge is 0.313 e. The molecule has 0 aromatic heterocycles. The van der Waals surface area contributed by atoms with Crippen LogP contribution in [0, 0.1) is 0 Å². The van der Waals surface area contributed by atoms with Crippen LogP contribution in [0.25, 0.3) is 0 Å². The molecule has 0 heterocycles. The number of thiol groups is 1. The Morgan fingerprint density at radius 3 is 1.88 bits per heavy atom. The summed E-state index contributed by atoms with van der Waals surface area (Å²) in [6, 6.07) is 0. The molecule has 0 saturated heterocycles. The number of carboxylic acids is 1. The first-order valence-corrected chi connectivity index (χ1v) is 2.45. The van der Waals surface area contributed by atoms with Crippen LogP contribution >= 0.6 is 12.6 Å². The number of hydrogen-bond acceptors (Lipinski definition) is 4. The largest absolute Gasteiger partial charge is 0.481 e. The van der Waals surface area contributed by atoms with Crippen molar-refractivity contribution >= 4 is 18.6 Å². The second-order valence-electron chi connectivity index (χ2n) is 0.734. The fraction of sp³-hybridized carbons (Fsp3) is 0.667. The van der Waals surface area contributed by atoms with E-state index in [0.717, 1.165) is 0 Å². The molecule has 0 aromatic rings. The van der Waals surface area contributed by atoms with E-state index in [1.54, 1.807) is 0 Å². The van der Waals surface area contributed by atoms with Crippen molar-refractivity contribution < 1.29 is 15.0 Å². The van der Waals surface area contributed by atoms with Gasteiger partial charge in [-0.2, -0.15) is 12.6 Å². The topological polar surface area (TPSA) is 83.5 Å². The first kappa shape index (κ1) is 10.7. The number of aliphatic hydroxyl groups excluding tert-OH is 1. The molecule has 0 spiro atoms. The van der Waals surface area contributed by atoms with Gasteiger partial charge in [0.25, 0.3) is 0 Å². The average molecular weight is 139 g/mol. The van der Waals surface area contributed by atoms with E-state index in [4.69, 9.17) is 10.2 Å². The second-order valence-corrected chi connectivity index (χ2v) is 1.05. The number of nitrogens with two attached hydrogens (primary N) is 1. The highest BCUT2D eigenvalue weighted by Gasteiger charge is 1.81. The van der Waals surface area contributed by atoms with Crippen molar-refractivity contribution in [3.8, 4) is 0 Å². The molecule has 0 unspecified atom stereocenters. The quantitative estimate of drug-likeness (QED) is 0.274. The van der Waals surface area contributed by atoms with Gasteiger partial charge in [0.05, 0.1) is 12.5 Å². The summed E-state index contributed by atoms with van der Waals surface area (Å²) in [5.41, 5.74) is 4.40. The zero-order chi connectivity index (χ0) is 6.99. The molecule has 0 rings (SSSR count). The Kier molecular flexibility index (Phi) is 13.2. The predicted molar refractivity (Wildman–Crippen MR) is 32.8 cm³/mol. The maximum Gasteiger partial charge on any atom is 0.313 e. The molecule has 0 atom stereocenters. The van der Waals surface area contributed by atoms with Crippen LogP contribution in [-0.4, -0.2) is 28.7 Å². The summed E-state index contributed by atoms with van der Waals surface area (Å²) in [6.45, 7) is -0.250. The Morgan fingerprint density at radius 1 is 1.75 bits per heavy atom. The first-order valence-electron chi connectivity index (χ1n) is 1.82. The van der Waals surface area contributed by atoms with E-state index in [1.165, 1.54) is 0 Å². The Morgan fingerprint density at radius 2 is 1.88 bits per heavy atom. The molecule has 4 N–H and O–H groups in total. The van der Waals surface area contributed by atoms with Crippen LogP contribution in [-0.2, 0) is 4.79 Å². The van der Waals surface area contributed by atoms with Crippen molar-refractivity contribution in [1.82, 2.24) is 0 Å². The lowest BCUT2D eigenvalue weighted by Crippen LogP contribution is -1.92. The highest BCUT2D eigenvalue weighted by molar-refractivity contribution is 7.81. The van der Waals surface area contributed by atoms with Gasteiger partial charge in [0, 0.05) is 0 Å². The van der Waals surface area contributed by atoms with Crippen LogP contribution in [0.5, 0.6) is 0 Å². The zero-order valence-corrected chi connectivity index (χ0v) is 5.14. The van der Waals surface area contributed by atoms with Crippen LogP contribution in [0.4, 0.5) is 0 Å². The lowest BCUT2D eigenvalue weighted by Gasteiger charge is -1.71. The molecule has 0 radical (unpaired) electrons. The number of aliphatic hydroxyl groups is 1. The minimum atomic E-state index is -0.881. The van der Waals surface area contributed by atoms with Crippen molar-refractivity contribution in [2.75, 3.05) is 12.5 Å². The summed E-state index contributed by atoms with van der Waals surface area (Å²) < 4.78 is 0. The highest BCUT2D eigenvalue weighted by atomic mass is 32.1. The Hall–Kier alpha value is -0.260. The van der Waals surface area contributed by atoms with Gasteiger partial charge in [0.2, 0.25) is 0 Å². The summed E-state index contributed by atoms with van der Waals surface area (Å²) in [6.07, 6.45) is 0. The summed E-state index contributed by atoms with van der Waals surface area (Å²) in [4.78, 5) is 9.29. The summed E-state index contributed by atoms with van der Waals surface area (Å²) in [7, 11) is 0. The van der Waals surface area contributed by atoms with Gasteiger partial charge in [-0.3, -0.25) is 4.79 Å². The van der Waals surface area contributed by atoms with Crippen molar-refractivity contribution in [2.24, 2.45) is 5.73 Å². The molecule has 0 amide bonds. The lowest BCUT2D eigenvalue weighted by molar-refractivity contribution is -0.133. The molecular weight excluding hydrogens is 130 g/mol. The number of carbonyl (C=O) groups is 1. The number of carboxylic acid groups (broad SMARTS) is 1. The Labute approximate surface area is 52.7 Å². The molecule has 5 heteroatoms. The molecule has 0 aromatic carbocycles. The molecule has 0 bridgehead atoms. The Bertz CT molecular complexity index is 58.5. The summed E-state index contributed by atoms with van der Waals surface area (Å²) >= 11 is 3.42. The third-order valence-corrected chi connectivity index (χ3v) is 0.406. The van der Waals surface area contributed by atoms with Crippen LogP contribution in [0.3, 0.4) is 0 Å². The fourth-order valence-electron chi connectivity index (χ4n) is 0. The van der Waals surface area contributed by atoms with E-state index >= 15 is 0 Å². The van der Waals surface area contributed by atoms with Crippen LogP contribution < -0.4 is 5.73 Å². The fourth-order valence-corrected chi connectivity index (χ4v) is 0. The van der Waals surface area contributed by atoms with Gasteiger partial charge in [0.15, 0.2) is 0 Å². The highest BCUT2D eigenvalue weighted by Crippen LogP contribution is 1.66. The normalized spacial score (nSPS) is 6.88. The molecule has 0 aliphatic heterocycles. The van der Waals surface area contributed by atoms with E-state index in [1.807, 2.05) is 0 Å². The van der Waals surface area contributed by atoms with Crippen LogP contribution in [0.1, 0.15) is 0 Å². The van der Waals surface area contributed by atoms with Crippen LogP contribution in [0.2, 0.25) is 0 Å². The minimum absolute atomic E-state index is 0.0833. The maximum absolute atomic E-state index is 9.29. The molecule has 0 saturated carbocycles.